The molecule has 0 spiro atoms. The summed E-state index contributed by atoms with van der Waals surface area (Å²) < 4.78 is 0. The average molecular weight is 354 g/mol. The van der Waals surface area contributed by atoms with Gasteiger partial charge in [0.25, 0.3) is 5.91 Å². The highest BCUT2D eigenvalue weighted by atomic mass is 16.4. The van der Waals surface area contributed by atoms with Gasteiger partial charge in [-0.3, -0.25) is 4.79 Å². The summed E-state index contributed by atoms with van der Waals surface area (Å²) in [6, 6.07) is 11.5. The number of carbonyl (C=O) groups is 2. The number of aromatic hydroxyl groups is 1. The first kappa shape index (κ1) is 16.1. The second kappa shape index (κ2) is 5.28. The van der Waals surface area contributed by atoms with Gasteiger partial charge >= 0.3 is 6.03 Å². The molecule has 0 bridgehead atoms. The zero-order valence-corrected chi connectivity index (χ0v) is 13.2. The Balaban J connectivity index is 1.76. The van der Waals surface area contributed by atoms with Crippen molar-refractivity contribution in [1.29, 1.82) is 0 Å². The van der Waals surface area contributed by atoms with E-state index in [-0.39, 0.29) is 22.6 Å². The number of fused-ring (bicyclic) bond motifs is 3. The van der Waals surface area contributed by atoms with Crippen LogP contribution >= 0.6 is 0 Å². The lowest BCUT2D eigenvalue weighted by Crippen LogP contribution is -2.58. The molecule has 0 saturated carbocycles. The number of para-hydroxylation sites is 1. The van der Waals surface area contributed by atoms with E-state index in [1.54, 1.807) is 30.3 Å². The standard InChI is InChI=1S/C17H14N4O5/c22-12-8-4-2-6-10(12)14(23)21-20-13-9-5-1-3-7-11(9)16(25)17(13,26)19-15(24)18-16/h1-8,22,25-26H,(H,21,23)(H2,18,19,24). The predicted molar refractivity (Wildman–Crippen MR) is 89.1 cm³/mol. The first-order chi connectivity index (χ1) is 12.4. The largest absolute Gasteiger partial charge is 0.507 e. The van der Waals surface area contributed by atoms with Crippen LogP contribution in [0.2, 0.25) is 0 Å². The molecule has 0 radical (unpaired) electrons. The molecular weight excluding hydrogens is 340 g/mol. The van der Waals surface area contributed by atoms with Crippen LogP contribution in [0.15, 0.2) is 53.6 Å². The Morgan fingerprint density at radius 2 is 1.65 bits per heavy atom. The van der Waals surface area contributed by atoms with Gasteiger partial charge in [0.2, 0.25) is 11.4 Å². The second-order valence-corrected chi connectivity index (χ2v) is 5.96. The summed E-state index contributed by atoms with van der Waals surface area (Å²) in [5.74, 6) is -0.951. The van der Waals surface area contributed by atoms with Gasteiger partial charge in [0, 0.05) is 11.1 Å². The number of phenolic OH excluding ortho intramolecular Hbond substituents is 1. The Morgan fingerprint density at radius 1 is 1.00 bits per heavy atom. The molecule has 4 rings (SSSR count). The van der Waals surface area contributed by atoms with Crippen LogP contribution in [0, 0.1) is 0 Å². The summed E-state index contributed by atoms with van der Waals surface area (Å²) in [7, 11) is 0. The van der Waals surface area contributed by atoms with E-state index in [2.05, 4.69) is 21.2 Å². The number of hydrogen-bond donors (Lipinski definition) is 6. The fourth-order valence-electron chi connectivity index (χ4n) is 3.21. The molecule has 1 saturated heterocycles. The van der Waals surface area contributed by atoms with Gasteiger partial charge in [0.1, 0.15) is 11.5 Å². The number of hydrogen-bond acceptors (Lipinski definition) is 6. The van der Waals surface area contributed by atoms with Crippen LogP contribution in [0.1, 0.15) is 21.5 Å². The maximum Gasteiger partial charge on any atom is 0.320 e. The first-order valence-corrected chi connectivity index (χ1v) is 7.68. The van der Waals surface area contributed by atoms with E-state index >= 15 is 0 Å². The summed E-state index contributed by atoms with van der Waals surface area (Å²) in [6.07, 6.45) is 0. The van der Waals surface area contributed by atoms with E-state index in [9.17, 15) is 24.9 Å². The minimum atomic E-state index is -2.26. The van der Waals surface area contributed by atoms with Crippen LogP contribution in [0.3, 0.4) is 0 Å². The van der Waals surface area contributed by atoms with Gasteiger partial charge in [-0.1, -0.05) is 36.4 Å². The van der Waals surface area contributed by atoms with Gasteiger partial charge in [-0.2, -0.15) is 5.10 Å². The maximum absolute atomic E-state index is 12.2. The molecule has 1 aliphatic heterocycles. The quantitative estimate of drug-likeness (QED) is 0.410. The molecule has 2 unspecified atom stereocenters. The number of nitrogens with one attached hydrogen (secondary N) is 3. The lowest BCUT2D eigenvalue weighted by molar-refractivity contribution is -0.110. The Morgan fingerprint density at radius 3 is 2.42 bits per heavy atom. The molecule has 26 heavy (non-hydrogen) atoms. The van der Waals surface area contributed by atoms with E-state index in [1.807, 2.05) is 0 Å². The van der Waals surface area contributed by atoms with Crippen LogP contribution in [-0.2, 0) is 5.72 Å². The van der Waals surface area contributed by atoms with Crippen LogP contribution in [0.5, 0.6) is 5.75 Å². The number of amides is 3. The molecule has 9 nitrogen and oxygen atoms in total. The fraction of sp³-hybridized carbons (Fsp3) is 0.118. The first-order valence-electron chi connectivity index (χ1n) is 7.68. The van der Waals surface area contributed by atoms with Crippen molar-refractivity contribution in [3.05, 3.63) is 65.2 Å². The molecule has 1 heterocycles. The highest BCUT2D eigenvalue weighted by Crippen LogP contribution is 2.43. The molecule has 132 valence electrons. The van der Waals surface area contributed by atoms with E-state index in [0.717, 1.165) is 0 Å². The molecule has 2 aliphatic rings. The predicted octanol–water partition coefficient (Wildman–Crippen LogP) is -0.314. The van der Waals surface area contributed by atoms with E-state index in [1.165, 1.54) is 18.2 Å². The van der Waals surface area contributed by atoms with Gasteiger partial charge in [-0.05, 0) is 12.1 Å². The minimum absolute atomic E-state index is 0.0148. The summed E-state index contributed by atoms with van der Waals surface area (Å²) >= 11 is 0. The number of rotatable bonds is 2. The van der Waals surface area contributed by atoms with Crippen molar-refractivity contribution in [3.8, 4) is 5.75 Å². The zero-order chi connectivity index (χ0) is 18.5. The number of carbonyl (C=O) groups excluding carboxylic acids is 2. The van der Waals surface area contributed by atoms with Crippen molar-refractivity contribution >= 4 is 17.6 Å². The fourth-order valence-corrected chi connectivity index (χ4v) is 3.21. The molecule has 6 N–H and O–H groups in total. The van der Waals surface area contributed by atoms with E-state index in [0.29, 0.717) is 5.56 Å². The van der Waals surface area contributed by atoms with E-state index in [4.69, 9.17) is 0 Å². The van der Waals surface area contributed by atoms with Crippen LogP contribution in [0.4, 0.5) is 4.79 Å². The van der Waals surface area contributed by atoms with Crippen molar-refractivity contribution in [2.45, 2.75) is 11.4 Å². The number of aliphatic hydroxyl groups is 2. The minimum Gasteiger partial charge on any atom is -0.507 e. The maximum atomic E-state index is 12.2. The van der Waals surface area contributed by atoms with E-state index < -0.39 is 23.4 Å². The number of phenols is 1. The van der Waals surface area contributed by atoms with Crippen LogP contribution in [0.25, 0.3) is 0 Å². The number of hydrazone groups is 1. The Labute approximate surface area is 147 Å². The van der Waals surface area contributed by atoms with Gasteiger partial charge in [-0.15, -0.1) is 0 Å². The van der Waals surface area contributed by atoms with Crippen LogP contribution < -0.4 is 16.1 Å². The number of urea groups is 1. The molecule has 9 heteroatoms. The molecular formula is C17H14N4O5. The lowest BCUT2D eigenvalue weighted by atomic mass is 10.0. The average Bonchev–Trinajstić information content (AvgIpc) is 2.94. The molecule has 3 amide bonds. The monoisotopic (exact) mass is 354 g/mol. The number of benzene rings is 2. The Kier molecular flexibility index (Phi) is 3.26. The highest BCUT2D eigenvalue weighted by Gasteiger charge is 2.67. The summed E-state index contributed by atoms with van der Waals surface area (Å²) in [5, 5.41) is 39.9. The molecule has 2 aromatic carbocycles. The van der Waals surface area contributed by atoms with Gasteiger partial charge in [0.15, 0.2) is 0 Å². The third-order valence-corrected chi connectivity index (χ3v) is 4.45. The van der Waals surface area contributed by atoms with Crippen molar-refractivity contribution in [3.63, 3.8) is 0 Å². The molecule has 2 atom stereocenters. The van der Waals surface area contributed by atoms with Gasteiger partial charge in [0.05, 0.1) is 5.56 Å². The molecule has 0 aromatic heterocycles. The van der Waals surface area contributed by atoms with Crippen LogP contribution in [-0.4, -0.2) is 38.7 Å². The van der Waals surface area contributed by atoms with Crippen molar-refractivity contribution in [1.82, 2.24) is 16.1 Å². The smallest absolute Gasteiger partial charge is 0.320 e. The number of nitrogens with zero attached hydrogens (tertiary/aromatic N) is 1. The topological polar surface area (TPSA) is 143 Å². The summed E-state index contributed by atoms with van der Waals surface area (Å²) in [4.78, 5) is 24.0. The summed E-state index contributed by atoms with van der Waals surface area (Å²) in [6.45, 7) is 0. The van der Waals surface area contributed by atoms with Gasteiger partial charge < -0.3 is 26.0 Å². The Hall–Kier alpha value is -3.43. The SMILES string of the molecule is O=C1NC2(O)C(=NNC(=O)c3ccccc3O)c3ccccc3C2(O)N1. The highest BCUT2D eigenvalue weighted by molar-refractivity contribution is 6.15. The molecule has 2 aromatic rings. The van der Waals surface area contributed by atoms with Gasteiger partial charge in [-0.25, -0.2) is 10.2 Å². The van der Waals surface area contributed by atoms with Crippen molar-refractivity contribution in [2.75, 3.05) is 0 Å². The second-order valence-electron chi connectivity index (χ2n) is 5.96. The normalized spacial score (nSPS) is 27.5. The third kappa shape index (κ3) is 2.01. The molecule has 1 fully saturated rings. The molecule has 1 aliphatic carbocycles. The lowest BCUT2D eigenvalue weighted by Gasteiger charge is -2.29. The Bertz CT molecular complexity index is 975. The summed E-state index contributed by atoms with van der Waals surface area (Å²) in [5.41, 5.74) is -1.73. The van der Waals surface area contributed by atoms with Crippen molar-refractivity contribution in [2.24, 2.45) is 5.10 Å². The third-order valence-electron chi connectivity index (χ3n) is 4.45. The van der Waals surface area contributed by atoms with Crippen molar-refractivity contribution < 1.29 is 24.9 Å². The zero-order valence-electron chi connectivity index (χ0n) is 13.2.